The quantitative estimate of drug-likeness (QED) is 0.450. The smallest absolute Gasteiger partial charge is 0.254 e. The van der Waals surface area contributed by atoms with Crippen molar-refractivity contribution in [2.24, 2.45) is 0 Å². The van der Waals surface area contributed by atoms with Crippen LogP contribution in [0, 0.1) is 19.7 Å². The normalized spacial score (nSPS) is 15.1. The molecule has 1 heterocycles. The number of methoxy groups -OCH3 is 1. The van der Waals surface area contributed by atoms with Crippen molar-refractivity contribution in [1.29, 1.82) is 0 Å². The predicted octanol–water partition coefficient (Wildman–Crippen LogP) is 5.17. The lowest BCUT2D eigenvalue weighted by atomic mass is 10.1. The van der Waals surface area contributed by atoms with Crippen molar-refractivity contribution in [3.05, 3.63) is 100 Å². The second-order valence-electron chi connectivity index (χ2n) is 9.11. The molecule has 4 rings (SSSR count). The van der Waals surface area contributed by atoms with Gasteiger partial charge in [-0.15, -0.1) is 0 Å². The number of ether oxygens (including phenoxy) is 2. The highest BCUT2D eigenvalue weighted by Gasteiger charge is 2.26. The van der Waals surface area contributed by atoms with Crippen LogP contribution in [0.4, 0.5) is 4.39 Å². The minimum atomic E-state index is -0.385. The Hall–Kier alpha value is -3.22. The molecule has 0 spiro atoms. The summed E-state index contributed by atoms with van der Waals surface area (Å²) in [5, 5.41) is 0. The Morgan fingerprint density at radius 1 is 0.971 bits per heavy atom. The van der Waals surface area contributed by atoms with E-state index in [1.54, 1.807) is 13.2 Å². The molecule has 1 aliphatic heterocycles. The van der Waals surface area contributed by atoms with Gasteiger partial charge in [0.15, 0.2) is 0 Å². The number of carbonyl (C=O) groups is 1. The third-order valence-electron chi connectivity index (χ3n) is 6.55. The van der Waals surface area contributed by atoms with Crippen LogP contribution in [-0.4, -0.2) is 55.5 Å². The lowest BCUT2D eigenvalue weighted by Gasteiger charge is -2.36. The summed E-state index contributed by atoms with van der Waals surface area (Å²) in [7, 11) is 1.66. The molecule has 0 aromatic heterocycles. The molecule has 184 valence electrons. The van der Waals surface area contributed by atoms with Crippen molar-refractivity contribution in [3.63, 3.8) is 0 Å². The molecule has 1 unspecified atom stereocenters. The molecule has 1 atom stereocenters. The van der Waals surface area contributed by atoms with Crippen LogP contribution >= 0.6 is 0 Å². The molecule has 35 heavy (non-hydrogen) atoms. The fourth-order valence-corrected chi connectivity index (χ4v) is 4.34. The van der Waals surface area contributed by atoms with Crippen LogP contribution in [0.25, 0.3) is 0 Å². The van der Waals surface area contributed by atoms with E-state index in [9.17, 15) is 9.18 Å². The van der Waals surface area contributed by atoms with Gasteiger partial charge in [-0.2, -0.15) is 0 Å². The fraction of sp³-hybridized carbons (Fsp3) is 0.345. The summed E-state index contributed by atoms with van der Waals surface area (Å²) in [4.78, 5) is 17.1. The Morgan fingerprint density at radius 2 is 1.71 bits per heavy atom. The number of halogens is 1. The van der Waals surface area contributed by atoms with Crippen LogP contribution in [0.2, 0.25) is 0 Å². The Morgan fingerprint density at radius 3 is 2.43 bits per heavy atom. The molecular formula is C29H33FN2O3. The summed E-state index contributed by atoms with van der Waals surface area (Å²) in [6.07, 6.45) is -0.140. The van der Waals surface area contributed by atoms with Crippen LogP contribution in [0.3, 0.4) is 0 Å². The van der Waals surface area contributed by atoms with Crippen molar-refractivity contribution in [3.8, 4) is 5.75 Å². The molecule has 3 aromatic carbocycles. The molecule has 6 heteroatoms. The summed E-state index contributed by atoms with van der Waals surface area (Å²) >= 11 is 0. The molecule has 0 bridgehead atoms. The van der Waals surface area contributed by atoms with E-state index in [2.05, 4.69) is 42.2 Å². The largest absolute Gasteiger partial charge is 0.497 e. The van der Waals surface area contributed by atoms with E-state index < -0.39 is 0 Å². The third kappa shape index (κ3) is 6.47. The summed E-state index contributed by atoms with van der Waals surface area (Å²) in [6, 6.07) is 20.7. The number of hydrogen-bond acceptors (Lipinski definition) is 4. The first-order valence-electron chi connectivity index (χ1n) is 12.0. The van der Waals surface area contributed by atoms with E-state index in [1.165, 1.54) is 17.7 Å². The summed E-state index contributed by atoms with van der Waals surface area (Å²) in [5.41, 5.74) is 4.64. The average Bonchev–Trinajstić information content (AvgIpc) is 2.89. The molecule has 1 saturated heterocycles. The highest BCUT2D eigenvalue weighted by molar-refractivity contribution is 5.95. The lowest BCUT2D eigenvalue weighted by molar-refractivity contribution is 0.00332. The van der Waals surface area contributed by atoms with Gasteiger partial charge in [-0.1, -0.05) is 48.0 Å². The van der Waals surface area contributed by atoms with E-state index in [0.29, 0.717) is 31.8 Å². The van der Waals surface area contributed by atoms with Gasteiger partial charge in [0, 0.05) is 38.3 Å². The van der Waals surface area contributed by atoms with Gasteiger partial charge in [-0.05, 0) is 54.8 Å². The molecular weight excluding hydrogens is 443 g/mol. The number of carbonyl (C=O) groups excluding carboxylic acids is 1. The van der Waals surface area contributed by atoms with Gasteiger partial charge >= 0.3 is 0 Å². The monoisotopic (exact) mass is 476 g/mol. The first-order valence-corrected chi connectivity index (χ1v) is 12.0. The van der Waals surface area contributed by atoms with Crippen molar-refractivity contribution in [1.82, 2.24) is 9.80 Å². The van der Waals surface area contributed by atoms with E-state index in [1.807, 2.05) is 30.0 Å². The zero-order valence-electron chi connectivity index (χ0n) is 20.7. The number of nitrogens with zero attached hydrogens (tertiary/aromatic N) is 2. The van der Waals surface area contributed by atoms with Crippen molar-refractivity contribution >= 4 is 5.91 Å². The Bertz CT molecular complexity index is 1140. The number of hydrogen-bond donors (Lipinski definition) is 0. The molecule has 1 fully saturated rings. The summed E-state index contributed by atoms with van der Waals surface area (Å²) < 4.78 is 25.5. The molecule has 0 radical (unpaired) electrons. The predicted molar refractivity (Wildman–Crippen MR) is 135 cm³/mol. The van der Waals surface area contributed by atoms with Crippen LogP contribution < -0.4 is 4.74 Å². The molecule has 5 nitrogen and oxygen atoms in total. The standard InChI is InChI=1S/C29H33FN2O3/c1-21-7-10-23(11-8-21)20-35-28(24-5-4-6-26(17-24)34-3)19-31-13-15-32(16-14-31)29(33)27-18-25(30)12-9-22(27)2/h4-12,17-18,28H,13-16,19-20H2,1-3H3. The van der Waals surface area contributed by atoms with Crippen LogP contribution in [0.1, 0.15) is 38.7 Å². The number of amides is 1. The van der Waals surface area contributed by atoms with Gasteiger partial charge < -0.3 is 14.4 Å². The van der Waals surface area contributed by atoms with Gasteiger partial charge in [0.25, 0.3) is 5.91 Å². The zero-order valence-corrected chi connectivity index (χ0v) is 20.7. The SMILES string of the molecule is COc1cccc(C(CN2CCN(C(=O)c3cc(F)ccc3C)CC2)OCc2ccc(C)cc2)c1. The highest BCUT2D eigenvalue weighted by atomic mass is 19.1. The molecule has 0 N–H and O–H groups in total. The molecule has 0 saturated carbocycles. The Balaban J connectivity index is 1.41. The Labute approximate surface area is 207 Å². The highest BCUT2D eigenvalue weighted by Crippen LogP contribution is 2.25. The van der Waals surface area contributed by atoms with Gasteiger partial charge in [0.05, 0.1) is 19.8 Å². The minimum absolute atomic E-state index is 0.110. The van der Waals surface area contributed by atoms with E-state index >= 15 is 0 Å². The number of benzene rings is 3. The van der Waals surface area contributed by atoms with Crippen molar-refractivity contribution in [2.75, 3.05) is 39.8 Å². The number of rotatable bonds is 8. The zero-order chi connectivity index (χ0) is 24.8. The average molecular weight is 477 g/mol. The van der Waals surface area contributed by atoms with E-state index in [4.69, 9.17) is 9.47 Å². The fourth-order valence-electron chi connectivity index (χ4n) is 4.34. The maximum atomic E-state index is 13.7. The first-order chi connectivity index (χ1) is 16.9. The Kier molecular flexibility index (Phi) is 8.16. The third-order valence-corrected chi connectivity index (χ3v) is 6.55. The van der Waals surface area contributed by atoms with Crippen LogP contribution in [0.5, 0.6) is 5.75 Å². The minimum Gasteiger partial charge on any atom is -0.497 e. The van der Waals surface area contributed by atoms with Crippen molar-refractivity contribution < 1.29 is 18.7 Å². The van der Waals surface area contributed by atoms with E-state index in [-0.39, 0.29) is 17.8 Å². The first kappa shape index (κ1) is 24.9. The maximum Gasteiger partial charge on any atom is 0.254 e. The summed E-state index contributed by atoms with van der Waals surface area (Å²) in [5.74, 6) is 0.304. The van der Waals surface area contributed by atoms with Gasteiger partial charge in [-0.25, -0.2) is 4.39 Å². The molecule has 1 aliphatic rings. The topological polar surface area (TPSA) is 42.0 Å². The second-order valence-corrected chi connectivity index (χ2v) is 9.11. The van der Waals surface area contributed by atoms with Crippen molar-refractivity contribution in [2.45, 2.75) is 26.6 Å². The number of aryl methyl sites for hydroxylation is 2. The molecule has 1 amide bonds. The lowest BCUT2D eigenvalue weighted by Crippen LogP contribution is -2.49. The summed E-state index contributed by atoms with van der Waals surface area (Å²) in [6.45, 7) is 7.79. The number of piperazine rings is 1. The van der Waals surface area contributed by atoms with Gasteiger partial charge in [0.1, 0.15) is 11.6 Å². The van der Waals surface area contributed by atoms with Crippen LogP contribution in [-0.2, 0) is 11.3 Å². The van der Waals surface area contributed by atoms with Gasteiger partial charge in [-0.3, -0.25) is 9.69 Å². The van der Waals surface area contributed by atoms with E-state index in [0.717, 1.165) is 35.5 Å². The van der Waals surface area contributed by atoms with Gasteiger partial charge in [0.2, 0.25) is 0 Å². The second kappa shape index (κ2) is 11.5. The molecule has 3 aromatic rings. The maximum absolute atomic E-state index is 13.7. The van der Waals surface area contributed by atoms with Crippen LogP contribution in [0.15, 0.2) is 66.7 Å². The molecule has 0 aliphatic carbocycles.